The third kappa shape index (κ3) is 26.0. The van der Waals surface area contributed by atoms with Crippen LogP contribution in [-0.4, -0.2) is 51.9 Å². The molecule has 0 fully saturated rings. The summed E-state index contributed by atoms with van der Waals surface area (Å²) in [6.45, 7) is 15.0. The molecule has 0 aromatic carbocycles. The van der Waals surface area contributed by atoms with Crippen LogP contribution in [0.5, 0.6) is 0 Å². The maximum Gasteiger partial charge on any atom is 0.00670 e. The zero-order valence-electron chi connectivity index (χ0n) is 21.8. The SMILES string of the molecule is CCCCCCCNCCCNCCCCNCCCNC(CCCC)CCCCC. The molecule has 0 aliphatic heterocycles. The lowest BCUT2D eigenvalue weighted by Crippen LogP contribution is -2.32. The van der Waals surface area contributed by atoms with Crippen LogP contribution in [0.25, 0.3) is 0 Å². The first-order valence-electron chi connectivity index (χ1n) is 14.2. The van der Waals surface area contributed by atoms with E-state index in [1.165, 1.54) is 116 Å². The third-order valence-electron chi connectivity index (χ3n) is 6.15. The van der Waals surface area contributed by atoms with Crippen LogP contribution in [0.3, 0.4) is 0 Å². The quantitative estimate of drug-likeness (QED) is 0.118. The number of nitrogens with one attached hydrogen (secondary N) is 4. The van der Waals surface area contributed by atoms with Crippen LogP contribution in [0, 0.1) is 0 Å². The minimum atomic E-state index is 0.749. The van der Waals surface area contributed by atoms with E-state index in [0.29, 0.717) is 0 Å². The molecule has 0 amide bonds. The fourth-order valence-electron chi connectivity index (χ4n) is 4.03. The summed E-state index contributed by atoms with van der Waals surface area (Å²) >= 11 is 0. The first-order chi connectivity index (χ1) is 15.3. The van der Waals surface area contributed by atoms with Gasteiger partial charge in [0, 0.05) is 6.04 Å². The van der Waals surface area contributed by atoms with Crippen molar-refractivity contribution in [3.05, 3.63) is 0 Å². The molecule has 0 spiro atoms. The van der Waals surface area contributed by atoms with Crippen molar-refractivity contribution in [2.24, 2.45) is 0 Å². The van der Waals surface area contributed by atoms with E-state index in [1.807, 2.05) is 0 Å². The van der Waals surface area contributed by atoms with Gasteiger partial charge >= 0.3 is 0 Å². The van der Waals surface area contributed by atoms with Gasteiger partial charge in [-0.25, -0.2) is 0 Å². The minimum absolute atomic E-state index is 0.749. The second-order valence-electron chi connectivity index (χ2n) is 9.37. The molecule has 0 rings (SSSR count). The Morgan fingerprint density at radius 1 is 0.387 bits per heavy atom. The minimum Gasteiger partial charge on any atom is -0.317 e. The first kappa shape index (κ1) is 30.8. The molecule has 0 aliphatic carbocycles. The normalized spacial score (nSPS) is 12.5. The molecule has 0 bridgehead atoms. The smallest absolute Gasteiger partial charge is 0.00670 e. The largest absolute Gasteiger partial charge is 0.317 e. The highest BCUT2D eigenvalue weighted by molar-refractivity contribution is 4.67. The summed E-state index contributed by atoms with van der Waals surface area (Å²) in [5, 5.41) is 14.6. The standard InChI is InChI=1S/C27H60N4/c1-4-7-10-11-13-20-28-23-16-24-29-21-14-15-22-30-25-17-26-31-27(18-9-6-3)19-12-8-5-2/h27-31H,4-26H2,1-3H3. The van der Waals surface area contributed by atoms with E-state index in [-0.39, 0.29) is 0 Å². The molecule has 0 radical (unpaired) electrons. The molecule has 0 saturated heterocycles. The molecular weight excluding hydrogens is 380 g/mol. The summed E-state index contributed by atoms with van der Waals surface area (Å²) in [6.07, 6.45) is 21.5. The van der Waals surface area contributed by atoms with Crippen LogP contribution in [0.1, 0.15) is 124 Å². The predicted molar refractivity (Wildman–Crippen MR) is 141 cm³/mol. The Morgan fingerprint density at radius 3 is 1.39 bits per heavy atom. The van der Waals surface area contributed by atoms with E-state index in [9.17, 15) is 0 Å². The Bertz CT molecular complexity index is 312. The van der Waals surface area contributed by atoms with Crippen molar-refractivity contribution in [2.75, 3.05) is 45.8 Å². The lowest BCUT2D eigenvalue weighted by molar-refractivity contribution is 0.417. The third-order valence-corrected chi connectivity index (χ3v) is 6.15. The van der Waals surface area contributed by atoms with Crippen LogP contribution < -0.4 is 21.3 Å². The van der Waals surface area contributed by atoms with Crippen LogP contribution >= 0.6 is 0 Å². The van der Waals surface area contributed by atoms with Gasteiger partial charge in [0.15, 0.2) is 0 Å². The summed E-state index contributed by atoms with van der Waals surface area (Å²) in [5.41, 5.74) is 0. The molecule has 0 saturated carbocycles. The van der Waals surface area contributed by atoms with Gasteiger partial charge in [-0.1, -0.05) is 78.6 Å². The van der Waals surface area contributed by atoms with Gasteiger partial charge in [-0.05, 0) is 90.8 Å². The first-order valence-corrected chi connectivity index (χ1v) is 14.2. The maximum absolute atomic E-state index is 3.81. The van der Waals surface area contributed by atoms with Crippen molar-refractivity contribution >= 4 is 0 Å². The summed E-state index contributed by atoms with van der Waals surface area (Å²) < 4.78 is 0. The molecule has 188 valence electrons. The van der Waals surface area contributed by atoms with Gasteiger partial charge in [0.2, 0.25) is 0 Å². The molecule has 4 N–H and O–H groups in total. The van der Waals surface area contributed by atoms with Gasteiger partial charge in [0.1, 0.15) is 0 Å². The van der Waals surface area contributed by atoms with Crippen molar-refractivity contribution in [3.63, 3.8) is 0 Å². The highest BCUT2D eigenvalue weighted by atomic mass is 14.9. The van der Waals surface area contributed by atoms with Gasteiger partial charge < -0.3 is 21.3 Å². The number of unbranched alkanes of at least 4 members (excludes halogenated alkanes) is 8. The van der Waals surface area contributed by atoms with E-state index in [4.69, 9.17) is 0 Å². The molecule has 4 heteroatoms. The van der Waals surface area contributed by atoms with Gasteiger partial charge in [-0.2, -0.15) is 0 Å². The second-order valence-corrected chi connectivity index (χ2v) is 9.37. The maximum atomic E-state index is 3.81. The van der Waals surface area contributed by atoms with Crippen LogP contribution in [0.4, 0.5) is 0 Å². The molecule has 0 aromatic rings. The van der Waals surface area contributed by atoms with E-state index < -0.39 is 0 Å². The van der Waals surface area contributed by atoms with Gasteiger partial charge in [0.05, 0.1) is 0 Å². The molecule has 31 heavy (non-hydrogen) atoms. The lowest BCUT2D eigenvalue weighted by Gasteiger charge is -2.18. The van der Waals surface area contributed by atoms with Crippen molar-refractivity contribution in [1.82, 2.24) is 21.3 Å². The fourth-order valence-corrected chi connectivity index (χ4v) is 4.03. The fraction of sp³-hybridized carbons (Fsp3) is 1.00. The Balaban J connectivity index is 3.26. The zero-order valence-corrected chi connectivity index (χ0v) is 21.8. The van der Waals surface area contributed by atoms with E-state index >= 15 is 0 Å². The molecule has 1 unspecified atom stereocenters. The number of rotatable bonds is 27. The Morgan fingerprint density at radius 2 is 0.806 bits per heavy atom. The predicted octanol–water partition coefficient (Wildman–Crippen LogP) is 6.01. The van der Waals surface area contributed by atoms with Gasteiger partial charge in [-0.15, -0.1) is 0 Å². The lowest BCUT2D eigenvalue weighted by atomic mass is 10.0. The Hall–Kier alpha value is -0.160. The summed E-state index contributed by atoms with van der Waals surface area (Å²) in [4.78, 5) is 0. The Kier molecular flexibility index (Phi) is 27.7. The topological polar surface area (TPSA) is 48.1 Å². The van der Waals surface area contributed by atoms with Crippen LogP contribution in [-0.2, 0) is 0 Å². The summed E-state index contributed by atoms with van der Waals surface area (Å²) in [5.74, 6) is 0. The zero-order chi connectivity index (χ0) is 22.7. The van der Waals surface area contributed by atoms with Crippen molar-refractivity contribution in [3.8, 4) is 0 Å². The van der Waals surface area contributed by atoms with E-state index in [0.717, 1.165) is 38.8 Å². The van der Waals surface area contributed by atoms with Crippen LogP contribution in [0.2, 0.25) is 0 Å². The monoisotopic (exact) mass is 440 g/mol. The average molecular weight is 441 g/mol. The van der Waals surface area contributed by atoms with Gasteiger partial charge in [-0.3, -0.25) is 0 Å². The molecule has 0 aromatic heterocycles. The van der Waals surface area contributed by atoms with Crippen molar-refractivity contribution < 1.29 is 0 Å². The summed E-state index contributed by atoms with van der Waals surface area (Å²) in [6, 6.07) is 0.749. The molecule has 4 nitrogen and oxygen atoms in total. The highest BCUT2D eigenvalue weighted by Gasteiger charge is 2.06. The average Bonchev–Trinajstić information content (AvgIpc) is 2.78. The Labute approximate surface area is 196 Å². The van der Waals surface area contributed by atoms with Crippen molar-refractivity contribution in [2.45, 2.75) is 130 Å². The highest BCUT2D eigenvalue weighted by Crippen LogP contribution is 2.09. The summed E-state index contributed by atoms with van der Waals surface area (Å²) in [7, 11) is 0. The van der Waals surface area contributed by atoms with E-state index in [1.54, 1.807) is 0 Å². The van der Waals surface area contributed by atoms with Gasteiger partial charge in [0.25, 0.3) is 0 Å². The van der Waals surface area contributed by atoms with Crippen LogP contribution in [0.15, 0.2) is 0 Å². The molecule has 0 heterocycles. The van der Waals surface area contributed by atoms with Crippen molar-refractivity contribution in [1.29, 1.82) is 0 Å². The number of hydrogen-bond donors (Lipinski definition) is 4. The van der Waals surface area contributed by atoms with E-state index in [2.05, 4.69) is 42.0 Å². The molecule has 1 atom stereocenters. The number of hydrogen-bond acceptors (Lipinski definition) is 4. The molecular formula is C27H60N4. The second kappa shape index (κ2) is 27.9. The molecule has 0 aliphatic rings.